The Morgan fingerprint density at radius 1 is 0.724 bits per heavy atom. The third-order valence-electron chi connectivity index (χ3n) is 6.17. The highest BCUT2D eigenvalue weighted by Gasteiger charge is 2.22. The molecule has 0 atom stereocenters. The fourth-order valence-electron chi connectivity index (χ4n) is 4.20. The van der Waals surface area contributed by atoms with E-state index in [2.05, 4.69) is 13.8 Å². The van der Waals surface area contributed by atoms with E-state index in [0.717, 1.165) is 38.0 Å². The Hall–Kier alpha value is -1.32. The molecule has 4 heteroatoms. The second-order valence-corrected chi connectivity index (χ2v) is 8.65. The first kappa shape index (κ1) is 24.0. The van der Waals surface area contributed by atoms with Crippen molar-refractivity contribution < 1.29 is 18.3 Å². The Morgan fingerprint density at radius 3 is 1.93 bits per heavy atom. The molecule has 0 amide bonds. The smallest absolute Gasteiger partial charge is 0.204 e. The van der Waals surface area contributed by atoms with Crippen LogP contribution in [0.25, 0.3) is 0 Å². The minimum atomic E-state index is -0.935. The summed E-state index contributed by atoms with van der Waals surface area (Å²) >= 11 is 0. The molecule has 1 aromatic carbocycles. The van der Waals surface area contributed by atoms with E-state index < -0.39 is 11.6 Å². The van der Waals surface area contributed by atoms with E-state index in [1.807, 2.05) is 0 Å². The molecule has 0 unspecified atom stereocenters. The van der Waals surface area contributed by atoms with Crippen LogP contribution in [0.5, 0.6) is 11.5 Å². The van der Waals surface area contributed by atoms with Gasteiger partial charge in [0.2, 0.25) is 11.6 Å². The molecule has 2 rings (SSSR count). The zero-order chi connectivity index (χ0) is 20.9. The average molecular weight is 411 g/mol. The summed E-state index contributed by atoms with van der Waals surface area (Å²) in [6.07, 6.45) is 15.4. The van der Waals surface area contributed by atoms with Crippen LogP contribution in [0.15, 0.2) is 12.1 Å². The van der Waals surface area contributed by atoms with Gasteiger partial charge in [-0.2, -0.15) is 8.78 Å². The van der Waals surface area contributed by atoms with Gasteiger partial charge in [-0.3, -0.25) is 0 Å². The molecule has 1 fully saturated rings. The van der Waals surface area contributed by atoms with Gasteiger partial charge in [-0.1, -0.05) is 78.1 Å². The molecule has 1 aromatic rings. The van der Waals surface area contributed by atoms with Crippen LogP contribution in [0.1, 0.15) is 97.3 Å². The fourth-order valence-corrected chi connectivity index (χ4v) is 4.20. The average Bonchev–Trinajstić information content (AvgIpc) is 2.74. The summed E-state index contributed by atoms with van der Waals surface area (Å²) in [7, 11) is 0. The van der Waals surface area contributed by atoms with Gasteiger partial charge >= 0.3 is 0 Å². The summed E-state index contributed by atoms with van der Waals surface area (Å²) in [6.45, 7) is 5.29. The molecule has 0 bridgehead atoms. The standard InChI is InChI=1S/C25H40F2O2/c1-3-5-7-8-10-18-28-22-16-17-23(25(27)24(22)26)29-19-21-14-12-20(13-15-21)11-9-6-4-2/h16-17,20-21H,3-15,18-19H2,1-2H3/t20-,21-. The molecule has 0 saturated heterocycles. The maximum Gasteiger partial charge on any atom is 0.204 e. The highest BCUT2D eigenvalue weighted by atomic mass is 19.2. The second-order valence-electron chi connectivity index (χ2n) is 8.65. The Labute approximate surface area is 176 Å². The van der Waals surface area contributed by atoms with Gasteiger partial charge in [0.15, 0.2) is 11.5 Å². The summed E-state index contributed by atoms with van der Waals surface area (Å²) < 4.78 is 39.7. The molecular formula is C25H40F2O2. The molecular weight excluding hydrogens is 370 g/mol. The normalized spacial score (nSPS) is 19.3. The molecule has 1 saturated carbocycles. The molecule has 0 heterocycles. The van der Waals surface area contributed by atoms with Crippen LogP contribution in [0.2, 0.25) is 0 Å². The summed E-state index contributed by atoms with van der Waals surface area (Å²) in [5.41, 5.74) is 0. The first-order valence-corrected chi connectivity index (χ1v) is 11.9. The van der Waals surface area contributed by atoms with Crippen molar-refractivity contribution in [3.05, 3.63) is 23.8 Å². The number of benzene rings is 1. The molecule has 0 aliphatic heterocycles. The van der Waals surface area contributed by atoms with E-state index >= 15 is 0 Å². The van der Waals surface area contributed by atoms with Crippen molar-refractivity contribution in [3.8, 4) is 11.5 Å². The van der Waals surface area contributed by atoms with E-state index in [4.69, 9.17) is 9.47 Å². The molecule has 1 aliphatic carbocycles. The SMILES string of the molecule is CCCCCCCOc1ccc(OC[C@H]2CC[C@H](CCCCC)CC2)c(F)c1F. The van der Waals surface area contributed by atoms with Gasteiger partial charge < -0.3 is 9.47 Å². The van der Waals surface area contributed by atoms with Gasteiger partial charge in [0.05, 0.1) is 13.2 Å². The van der Waals surface area contributed by atoms with Crippen molar-refractivity contribution in [2.24, 2.45) is 11.8 Å². The Balaban J connectivity index is 1.71. The largest absolute Gasteiger partial charge is 0.490 e. The highest BCUT2D eigenvalue weighted by Crippen LogP contribution is 2.33. The Kier molecular flexibility index (Phi) is 11.4. The van der Waals surface area contributed by atoms with Gasteiger partial charge in [0, 0.05) is 0 Å². The molecule has 0 aromatic heterocycles. The molecule has 0 radical (unpaired) electrons. The van der Waals surface area contributed by atoms with Crippen LogP contribution in [-0.2, 0) is 0 Å². The molecule has 166 valence electrons. The van der Waals surface area contributed by atoms with Crippen molar-refractivity contribution >= 4 is 0 Å². The van der Waals surface area contributed by atoms with E-state index in [0.29, 0.717) is 19.1 Å². The van der Waals surface area contributed by atoms with Gasteiger partial charge in [-0.05, 0) is 43.2 Å². The van der Waals surface area contributed by atoms with Crippen molar-refractivity contribution in [2.45, 2.75) is 97.3 Å². The molecule has 0 N–H and O–H groups in total. The highest BCUT2D eigenvalue weighted by molar-refractivity contribution is 5.35. The summed E-state index contributed by atoms with van der Waals surface area (Å²) in [5, 5.41) is 0. The second kappa shape index (κ2) is 13.8. The summed E-state index contributed by atoms with van der Waals surface area (Å²) in [6, 6.07) is 2.99. The number of rotatable bonds is 14. The van der Waals surface area contributed by atoms with Gasteiger partial charge in [0.25, 0.3) is 0 Å². The third-order valence-corrected chi connectivity index (χ3v) is 6.17. The Bertz CT molecular complexity index is 568. The first-order valence-electron chi connectivity index (χ1n) is 11.9. The van der Waals surface area contributed by atoms with Crippen molar-refractivity contribution in [2.75, 3.05) is 13.2 Å². The van der Waals surface area contributed by atoms with Gasteiger partial charge in [0.1, 0.15) is 0 Å². The van der Waals surface area contributed by atoms with E-state index in [1.165, 1.54) is 63.5 Å². The van der Waals surface area contributed by atoms with Gasteiger partial charge in [-0.25, -0.2) is 0 Å². The van der Waals surface area contributed by atoms with Crippen molar-refractivity contribution in [1.29, 1.82) is 0 Å². The van der Waals surface area contributed by atoms with E-state index in [-0.39, 0.29) is 11.5 Å². The predicted molar refractivity (Wildman–Crippen MR) is 116 cm³/mol. The number of ether oxygens (including phenoxy) is 2. The Morgan fingerprint density at radius 2 is 1.28 bits per heavy atom. The monoisotopic (exact) mass is 410 g/mol. The van der Waals surface area contributed by atoms with Crippen LogP contribution in [0.3, 0.4) is 0 Å². The zero-order valence-electron chi connectivity index (χ0n) is 18.5. The molecule has 29 heavy (non-hydrogen) atoms. The lowest BCUT2D eigenvalue weighted by Crippen LogP contribution is -2.20. The fraction of sp³-hybridized carbons (Fsp3) is 0.760. The van der Waals surface area contributed by atoms with Gasteiger partial charge in [-0.15, -0.1) is 0 Å². The molecule has 2 nitrogen and oxygen atoms in total. The van der Waals surface area contributed by atoms with Crippen LogP contribution >= 0.6 is 0 Å². The van der Waals surface area contributed by atoms with E-state index in [9.17, 15) is 8.78 Å². The number of hydrogen-bond donors (Lipinski definition) is 0. The summed E-state index contributed by atoms with van der Waals surface area (Å²) in [5.74, 6) is -0.595. The quantitative estimate of drug-likeness (QED) is 0.289. The van der Waals surface area contributed by atoms with Crippen LogP contribution in [0.4, 0.5) is 8.78 Å². The lowest BCUT2D eigenvalue weighted by atomic mass is 9.80. The van der Waals surface area contributed by atoms with Crippen molar-refractivity contribution in [3.63, 3.8) is 0 Å². The topological polar surface area (TPSA) is 18.5 Å². The zero-order valence-corrected chi connectivity index (χ0v) is 18.5. The van der Waals surface area contributed by atoms with Crippen LogP contribution in [-0.4, -0.2) is 13.2 Å². The third kappa shape index (κ3) is 8.52. The number of unbranched alkanes of at least 4 members (excludes halogenated alkanes) is 6. The lowest BCUT2D eigenvalue weighted by molar-refractivity contribution is 0.172. The van der Waals surface area contributed by atoms with E-state index in [1.54, 1.807) is 0 Å². The summed E-state index contributed by atoms with van der Waals surface area (Å²) in [4.78, 5) is 0. The van der Waals surface area contributed by atoms with Crippen LogP contribution in [0, 0.1) is 23.5 Å². The first-order chi connectivity index (χ1) is 14.2. The maximum atomic E-state index is 14.3. The number of hydrogen-bond acceptors (Lipinski definition) is 2. The molecule has 1 aliphatic rings. The molecule has 0 spiro atoms. The van der Waals surface area contributed by atoms with Crippen LogP contribution < -0.4 is 9.47 Å². The predicted octanol–water partition coefficient (Wildman–Crippen LogP) is 8.08. The maximum absolute atomic E-state index is 14.3. The van der Waals surface area contributed by atoms with Crippen molar-refractivity contribution in [1.82, 2.24) is 0 Å². The lowest BCUT2D eigenvalue weighted by Gasteiger charge is -2.28. The minimum Gasteiger partial charge on any atom is -0.490 e. The minimum absolute atomic E-state index is 0.00265. The number of halogens is 2.